The number of carbonyl (C=O) groups excluding carboxylic acids is 1. The minimum Gasteiger partial charge on any atom is -0.444 e. The Morgan fingerprint density at radius 1 is 1.24 bits per heavy atom. The summed E-state index contributed by atoms with van der Waals surface area (Å²) in [7, 11) is 1.73. The van der Waals surface area contributed by atoms with Gasteiger partial charge in [0.15, 0.2) is 5.96 Å². The first kappa shape index (κ1) is 23.5. The molecule has 2 N–H and O–H groups in total. The molecule has 0 spiro atoms. The van der Waals surface area contributed by atoms with Crippen LogP contribution in [0.1, 0.15) is 48.0 Å². The molecule has 0 aromatic rings. The van der Waals surface area contributed by atoms with E-state index >= 15 is 0 Å². The average Bonchev–Trinajstić information content (AvgIpc) is 2.48. The normalized spacial score (nSPS) is 12.2. The first-order valence-corrected chi connectivity index (χ1v) is 9.19. The Labute approximate surface area is 153 Å². The zero-order valence-corrected chi connectivity index (χ0v) is 17.1. The van der Waals surface area contributed by atoms with Crippen LogP contribution >= 0.6 is 0 Å². The third kappa shape index (κ3) is 14.5. The Bertz CT molecular complexity index is 392. The van der Waals surface area contributed by atoms with Gasteiger partial charge in [0, 0.05) is 46.4 Å². The number of amides is 1. The Balaban J connectivity index is 4.09. The number of hydrogen-bond donors (Lipinski definition) is 2. The Kier molecular flexibility index (Phi) is 12.0. The van der Waals surface area contributed by atoms with Crippen LogP contribution in [0.25, 0.3) is 0 Å². The summed E-state index contributed by atoms with van der Waals surface area (Å²) in [5, 5.41) is 6.42. The number of nitrogens with one attached hydrogen (secondary N) is 2. The molecule has 0 saturated carbocycles. The lowest BCUT2D eigenvalue weighted by Gasteiger charge is -2.24. The van der Waals surface area contributed by atoms with Gasteiger partial charge in [-0.25, -0.2) is 4.79 Å². The monoisotopic (exact) mass is 358 g/mol. The molecule has 0 radical (unpaired) electrons. The quantitative estimate of drug-likeness (QED) is 0.356. The molecule has 0 rings (SSSR count). The largest absolute Gasteiger partial charge is 0.444 e. The molecule has 0 aliphatic heterocycles. The second kappa shape index (κ2) is 12.8. The molecule has 0 aliphatic rings. The van der Waals surface area contributed by atoms with Crippen LogP contribution in [0.15, 0.2) is 4.99 Å². The third-order valence-corrected chi connectivity index (χ3v) is 2.96. The van der Waals surface area contributed by atoms with E-state index in [1.54, 1.807) is 11.9 Å². The zero-order chi connectivity index (χ0) is 19.3. The van der Waals surface area contributed by atoms with Gasteiger partial charge in [-0.05, 0) is 40.0 Å². The lowest BCUT2D eigenvalue weighted by Crippen LogP contribution is -2.43. The van der Waals surface area contributed by atoms with Gasteiger partial charge >= 0.3 is 6.09 Å². The van der Waals surface area contributed by atoms with Gasteiger partial charge in [-0.2, -0.15) is 0 Å². The van der Waals surface area contributed by atoms with E-state index in [1.807, 2.05) is 27.7 Å². The van der Waals surface area contributed by atoms with Crippen LogP contribution < -0.4 is 10.6 Å². The summed E-state index contributed by atoms with van der Waals surface area (Å²) in [6.07, 6.45) is 0.569. The minimum atomic E-state index is -0.479. The molecule has 0 atom stereocenters. The average molecular weight is 359 g/mol. The lowest BCUT2D eigenvalue weighted by molar-refractivity contribution is 0.0302. The van der Waals surface area contributed by atoms with Crippen molar-refractivity contribution in [2.24, 2.45) is 10.9 Å². The standard InChI is InChI=1S/C18H38N4O3/c1-8-19-16(20-10-9-13-24-14-15(2)3)21-11-12-22(7)17(23)25-18(4,5)6/h15H,8-14H2,1-7H3,(H2,19,20,21). The highest BCUT2D eigenvalue weighted by Crippen LogP contribution is 2.08. The van der Waals surface area contributed by atoms with E-state index in [4.69, 9.17) is 9.47 Å². The number of aliphatic imine (C=N–C) groups is 1. The van der Waals surface area contributed by atoms with E-state index in [1.165, 1.54) is 0 Å². The first-order valence-electron chi connectivity index (χ1n) is 9.19. The molecule has 25 heavy (non-hydrogen) atoms. The van der Waals surface area contributed by atoms with E-state index in [0.717, 1.165) is 32.1 Å². The van der Waals surface area contributed by atoms with Crippen LogP contribution in [0.3, 0.4) is 0 Å². The van der Waals surface area contributed by atoms with Gasteiger partial charge in [-0.3, -0.25) is 4.99 Å². The Morgan fingerprint density at radius 2 is 1.92 bits per heavy atom. The van der Waals surface area contributed by atoms with Crippen LogP contribution in [0, 0.1) is 5.92 Å². The maximum absolute atomic E-state index is 11.9. The summed E-state index contributed by atoms with van der Waals surface area (Å²) < 4.78 is 10.9. The summed E-state index contributed by atoms with van der Waals surface area (Å²) in [5.74, 6) is 1.31. The number of nitrogens with zero attached hydrogens (tertiary/aromatic N) is 2. The predicted molar refractivity (Wildman–Crippen MR) is 103 cm³/mol. The van der Waals surface area contributed by atoms with Crippen molar-refractivity contribution < 1.29 is 14.3 Å². The minimum absolute atomic E-state index is 0.321. The van der Waals surface area contributed by atoms with Crippen molar-refractivity contribution in [2.45, 2.75) is 53.6 Å². The van der Waals surface area contributed by atoms with Crippen molar-refractivity contribution in [2.75, 3.05) is 46.4 Å². The lowest BCUT2D eigenvalue weighted by atomic mass is 10.2. The maximum atomic E-state index is 11.9. The van der Waals surface area contributed by atoms with Crippen molar-refractivity contribution in [3.05, 3.63) is 0 Å². The predicted octanol–water partition coefficient (Wildman–Crippen LogP) is 2.47. The smallest absolute Gasteiger partial charge is 0.410 e. The molecule has 148 valence electrons. The molecule has 0 aromatic heterocycles. The van der Waals surface area contributed by atoms with E-state index < -0.39 is 5.60 Å². The van der Waals surface area contributed by atoms with Crippen molar-refractivity contribution in [1.82, 2.24) is 15.5 Å². The summed E-state index contributed by atoms with van der Waals surface area (Å²) in [6.45, 7) is 16.0. The molecule has 0 saturated heterocycles. The first-order chi connectivity index (χ1) is 11.7. The number of ether oxygens (including phenoxy) is 2. The molecule has 0 heterocycles. The Hall–Kier alpha value is -1.50. The molecular formula is C18H38N4O3. The summed E-state index contributed by atoms with van der Waals surface area (Å²) in [6, 6.07) is 0. The number of hydrogen-bond acceptors (Lipinski definition) is 4. The van der Waals surface area contributed by atoms with Crippen LogP contribution in [0.2, 0.25) is 0 Å². The highest BCUT2D eigenvalue weighted by atomic mass is 16.6. The van der Waals surface area contributed by atoms with Crippen LogP contribution in [0.4, 0.5) is 4.79 Å². The van der Waals surface area contributed by atoms with Gasteiger partial charge in [0.1, 0.15) is 5.60 Å². The second-order valence-electron chi connectivity index (χ2n) is 7.41. The molecule has 1 amide bonds. The molecule has 7 heteroatoms. The zero-order valence-electron chi connectivity index (χ0n) is 17.1. The molecule has 0 unspecified atom stereocenters. The highest BCUT2D eigenvalue weighted by molar-refractivity contribution is 5.79. The number of likely N-dealkylation sites (N-methyl/N-ethyl adjacent to an activating group) is 1. The van der Waals surface area contributed by atoms with E-state index in [2.05, 4.69) is 29.5 Å². The van der Waals surface area contributed by atoms with Crippen LogP contribution in [-0.2, 0) is 9.47 Å². The molecule has 7 nitrogen and oxygen atoms in total. The molecule has 0 aliphatic carbocycles. The number of guanidine groups is 1. The summed E-state index contributed by atoms with van der Waals surface area (Å²) in [4.78, 5) is 18.0. The van der Waals surface area contributed by atoms with Crippen LogP contribution in [-0.4, -0.2) is 69.0 Å². The maximum Gasteiger partial charge on any atom is 0.410 e. The van der Waals surface area contributed by atoms with Crippen molar-refractivity contribution in [1.29, 1.82) is 0 Å². The second-order valence-corrected chi connectivity index (χ2v) is 7.41. The van der Waals surface area contributed by atoms with Crippen molar-refractivity contribution >= 4 is 12.1 Å². The summed E-state index contributed by atoms with van der Waals surface area (Å²) in [5.41, 5.74) is -0.479. The molecule has 0 aromatic carbocycles. The van der Waals surface area contributed by atoms with E-state index in [9.17, 15) is 4.79 Å². The van der Waals surface area contributed by atoms with Crippen molar-refractivity contribution in [3.8, 4) is 0 Å². The molecule has 0 bridgehead atoms. The fraction of sp³-hybridized carbons (Fsp3) is 0.889. The van der Waals surface area contributed by atoms with Gasteiger partial charge in [-0.15, -0.1) is 0 Å². The number of carbonyl (C=O) groups is 1. The van der Waals surface area contributed by atoms with Gasteiger partial charge < -0.3 is 25.0 Å². The van der Waals surface area contributed by atoms with E-state index in [-0.39, 0.29) is 6.09 Å². The van der Waals surface area contributed by atoms with Gasteiger partial charge in [0.05, 0.1) is 0 Å². The van der Waals surface area contributed by atoms with Crippen LogP contribution in [0.5, 0.6) is 0 Å². The van der Waals surface area contributed by atoms with Gasteiger partial charge in [0.25, 0.3) is 0 Å². The van der Waals surface area contributed by atoms with Gasteiger partial charge in [0.2, 0.25) is 0 Å². The third-order valence-electron chi connectivity index (χ3n) is 2.96. The topological polar surface area (TPSA) is 75.2 Å². The van der Waals surface area contributed by atoms with E-state index in [0.29, 0.717) is 25.6 Å². The fourth-order valence-electron chi connectivity index (χ4n) is 1.79. The number of rotatable bonds is 10. The van der Waals surface area contributed by atoms with Crippen molar-refractivity contribution in [3.63, 3.8) is 0 Å². The Morgan fingerprint density at radius 3 is 2.48 bits per heavy atom. The molecular weight excluding hydrogens is 320 g/mol. The highest BCUT2D eigenvalue weighted by Gasteiger charge is 2.19. The van der Waals surface area contributed by atoms with Gasteiger partial charge in [-0.1, -0.05) is 13.8 Å². The molecule has 0 fully saturated rings. The summed E-state index contributed by atoms with van der Waals surface area (Å²) >= 11 is 0. The fourth-order valence-corrected chi connectivity index (χ4v) is 1.79. The SMILES string of the molecule is CCNC(=NCCCOCC(C)C)NCCN(C)C(=O)OC(C)(C)C.